The number of nitrogens with zero attached hydrogens (tertiary/aromatic N) is 2. The second-order valence-corrected chi connectivity index (χ2v) is 7.67. The lowest BCUT2D eigenvalue weighted by molar-refractivity contribution is -0.132. The van der Waals surface area contributed by atoms with Gasteiger partial charge in [-0.2, -0.15) is 0 Å². The van der Waals surface area contributed by atoms with Crippen LogP contribution in [-0.2, 0) is 16.0 Å². The molecule has 0 spiro atoms. The molecule has 0 bridgehead atoms. The van der Waals surface area contributed by atoms with Crippen LogP contribution in [0.2, 0.25) is 0 Å². The monoisotopic (exact) mass is 377 g/mol. The van der Waals surface area contributed by atoms with Crippen molar-refractivity contribution < 1.29 is 9.59 Å². The number of rotatable bonds is 6. The molecule has 5 heteroatoms. The highest BCUT2D eigenvalue weighted by atomic mass is 16.2. The summed E-state index contributed by atoms with van der Waals surface area (Å²) in [6, 6.07) is 18.1. The highest BCUT2D eigenvalue weighted by molar-refractivity contribution is 5.91. The fourth-order valence-corrected chi connectivity index (χ4v) is 3.66. The van der Waals surface area contributed by atoms with Crippen LogP contribution in [0.5, 0.6) is 0 Å². The summed E-state index contributed by atoms with van der Waals surface area (Å²) in [7, 11) is 0. The summed E-state index contributed by atoms with van der Waals surface area (Å²) >= 11 is 0. The summed E-state index contributed by atoms with van der Waals surface area (Å²) in [6.45, 7) is 3.32. The van der Waals surface area contributed by atoms with E-state index >= 15 is 0 Å². The van der Waals surface area contributed by atoms with Crippen LogP contribution < -0.4 is 10.2 Å². The predicted molar refractivity (Wildman–Crippen MR) is 111 cm³/mol. The predicted octanol–water partition coefficient (Wildman–Crippen LogP) is 3.32. The van der Waals surface area contributed by atoms with E-state index in [0.29, 0.717) is 18.2 Å². The maximum absolute atomic E-state index is 12.2. The molecule has 0 aromatic heterocycles. The number of hydrogen-bond acceptors (Lipinski definition) is 3. The molecular weight excluding hydrogens is 350 g/mol. The third-order valence-corrected chi connectivity index (χ3v) is 5.52. The third-order valence-electron chi connectivity index (χ3n) is 5.52. The van der Waals surface area contributed by atoms with Crippen molar-refractivity contribution in [2.45, 2.75) is 25.7 Å². The number of nitrogens with one attached hydrogen (secondary N) is 1. The smallest absolute Gasteiger partial charge is 0.225 e. The number of carbonyl (C=O) groups is 2. The van der Waals surface area contributed by atoms with Gasteiger partial charge >= 0.3 is 0 Å². The Labute approximate surface area is 166 Å². The SMILES string of the molecule is O=C(CCc1ccccc1)Nc1ccc(N2CCN(C(=O)C3CC3)CC2)cc1. The van der Waals surface area contributed by atoms with Crippen LogP contribution in [0.15, 0.2) is 54.6 Å². The van der Waals surface area contributed by atoms with Gasteiger partial charge in [-0.1, -0.05) is 30.3 Å². The largest absolute Gasteiger partial charge is 0.368 e. The molecular formula is C23H27N3O2. The van der Waals surface area contributed by atoms with E-state index < -0.39 is 0 Å². The quantitative estimate of drug-likeness (QED) is 0.840. The lowest BCUT2D eigenvalue weighted by atomic mass is 10.1. The molecule has 2 aromatic carbocycles. The van der Waals surface area contributed by atoms with E-state index in [1.54, 1.807) is 0 Å². The first kappa shape index (κ1) is 18.5. The van der Waals surface area contributed by atoms with Crippen molar-refractivity contribution in [3.63, 3.8) is 0 Å². The van der Waals surface area contributed by atoms with Gasteiger partial charge in [0.2, 0.25) is 11.8 Å². The van der Waals surface area contributed by atoms with Gasteiger partial charge in [0.15, 0.2) is 0 Å². The molecule has 2 aromatic rings. The number of amides is 2. The lowest BCUT2D eigenvalue weighted by Gasteiger charge is -2.36. The third kappa shape index (κ3) is 4.71. The number of anilines is 2. The number of benzene rings is 2. The molecule has 146 valence electrons. The molecule has 28 heavy (non-hydrogen) atoms. The second kappa shape index (κ2) is 8.46. The summed E-state index contributed by atoms with van der Waals surface area (Å²) in [5, 5.41) is 2.97. The van der Waals surface area contributed by atoms with Crippen LogP contribution in [0.3, 0.4) is 0 Å². The molecule has 0 radical (unpaired) electrons. The zero-order chi connectivity index (χ0) is 19.3. The molecule has 1 saturated carbocycles. The Hall–Kier alpha value is -2.82. The first-order chi connectivity index (χ1) is 13.7. The lowest BCUT2D eigenvalue weighted by Crippen LogP contribution is -2.49. The van der Waals surface area contributed by atoms with Gasteiger partial charge in [0, 0.05) is 49.9 Å². The first-order valence-corrected chi connectivity index (χ1v) is 10.2. The average Bonchev–Trinajstić information content (AvgIpc) is 3.59. The summed E-state index contributed by atoms with van der Waals surface area (Å²) in [5.74, 6) is 0.674. The van der Waals surface area contributed by atoms with Gasteiger partial charge < -0.3 is 15.1 Å². The Morgan fingerprint density at radius 1 is 0.893 bits per heavy atom. The number of piperazine rings is 1. The van der Waals surface area contributed by atoms with Crippen molar-refractivity contribution >= 4 is 23.2 Å². The minimum Gasteiger partial charge on any atom is -0.368 e. The normalized spacial score (nSPS) is 16.7. The second-order valence-electron chi connectivity index (χ2n) is 7.67. The first-order valence-electron chi connectivity index (χ1n) is 10.2. The molecule has 5 nitrogen and oxygen atoms in total. The fourth-order valence-electron chi connectivity index (χ4n) is 3.66. The van der Waals surface area contributed by atoms with E-state index in [1.807, 2.05) is 59.5 Å². The van der Waals surface area contributed by atoms with E-state index in [4.69, 9.17) is 0 Å². The summed E-state index contributed by atoms with van der Waals surface area (Å²) in [6.07, 6.45) is 3.35. The van der Waals surface area contributed by atoms with Gasteiger partial charge in [-0.05, 0) is 49.1 Å². The van der Waals surface area contributed by atoms with Crippen molar-refractivity contribution in [3.05, 3.63) is 60.2 Å². The average molecular weight is 377 g/mol. The molecule has 0 unspecified atom stereocenters. The minimum atomic E-state index is 0.0313. The van der Waals surface area contributed by atoms with E-state index in [1.165, 1.54) is 5.56 Å². The summed E-state index contributed by atoms with van der Waals surface area (Å²) in [5.41, 5.74) is 3.14. The Bertz CT molecular complexity index is 808. The molecule has 1 aliphatic heterocycles. The zero-order valence-electron chi connectivity index (χ0n) is 16.1. The maximum atomic E-state index is 12.2. The Balaban J connectivity index is 1.24. The van der Waals surface area contributed by atoms with Gasteiger partial charge in [-0.25, -0.2) is 0 Å². The van der Waals surface area contributed by atoms with Gasteiger partial charge in [0.25, 0.3) is 0 Å². The van der Waals surface area contributed by atoms with Crippen molar-refractivity contribution in [2.75, 3.05) is 36.4 Å². The molecule has 1 N–H and O–H groups in total. The van der Waals surface area contributed by atoms with E-state index in [9.17, 15) is 9.59 Å². The van der Waals surface area contributed by atoms with Crippen LogP contribution in [0.25, 0.3) is 0 Å². The van der Waals surface area contributed by atoms with Crippen LogP contribution in [-0.4, -0.2) is 42.9 Å². The van der Waals surface area contributed by atoms with E-state index in [0.717, 1.165) is 56.8 Å². The number of hydrogen-bond donors (Lipinski definition) is 1. The molecule has 1 saturated heterocycles. The van der Waals surface area contributed by atoms with Crippen molar-refractivity contribution in [2.24, 2.45) is 5.92 Å². The molecule has 4 rings (SSSR count). The van der Waals surface area contributed by atoms with Crippen molar-refractivity contribution in [3.8, 4) is 0 Å². The van der Waals surface area contributed by atoms with Crippen LogP contribution >= 0.6 is 0 Å². The number of aryl methyl sites for hydroxylation is 1. The molecule has 2 fully saturated rings. The zero-order valence-corrected chi connectivity index (χ0v) is 16.1. The molecule has 2 aliphatic rings. The molecule has 1 aliphatic carbocycles. The Kier molecular flexibility index (Phi) is 5.60. The Morgan fingerprint density at radius 3 is 2.21 bits per heavy atom. The fraction of sp³-hybridized carbons (Fsp3) is 0.391. The topological polar surface area (TPSA) is 52.7 Å². The van der Waals surface area contributed by atoms with Crippen LogP contribution in [0.1, 0.15) is 24.8 Å². The van der Waals surface area contributed by atoms with E-state index in [-0.39, 0.29) is 5.91 Å². The summed E-state index contributed by atoms with van der Waals surface area (Å²) < 4.78 is 0. The maximum Gasteiger partial charge on any atom is 0.225 e. The van der Waals surface area contributed by atoms with Crippen LogP contribution in [0.4, 0.5) is 11.4 Å². The van der Waals surface area contributed by atoms with Gasteiger partial charge in [0.1, 0.15) is 0 Å². The Morgan fingerprint density at radius 2 is 1.57 bits per heavy atom. The van der Waals surface area contributed by atoms with Gasteiger partial charge in [0.05, 0.1) is 0 Å². The van der Waals surface area contributed by atoms with Crippen molar-refractivity contribution in [1.29, 1.82) is 0 Å². The molecule has 0 atom stereocenters. The minimum absolute atomic E-state index is 0.0313. The summed E-state index contributed by atoms with van der Waals surface area (Å²) in [4.78, 5) is 28.6. The van der Waals surface area contributed by atoms with E-state index in [2.05, 4.69) is 10.2 Å². The highest BCUT2D eigenvalue weighted by Gasteiger charge is 2.34. The standard InChI is InChI=1S/C23H27N3O2/c27-22(13-6-18-4-2-1-3-5-18)24-20-9-11-21(12-10-20)25-14-16-26(17-15-25)23(28)19-7-8-19/h1-5,9-12,19H,6-8,13-17H2,(H,24,27). The molecule has 1 heterocycles. The van der Waals surface area contributed by atoms with Crippen LogP contribution in [0, 0.1) is 5.92 Å². The highest BCUT2D eigenvalue weighted by Crippen LogP contribution is 2.31. The van der Waals surface area contributed by atoms with Crippen molar-refractivity contribution in [1.82, 2.24) is 4.90 Å². The molecule has 2 amide bonds. The van der Waals surface area contributed by atoms with Gasteiger partial charge in [-0.3, -0.25) is 9.59 Å². The number of carbonyl (C=O) groups excluding carboxylic acids is 2. The van der Waals surface area contributed by atoms with Gasteiger partial charge in [-0.15, -0.1) is 0 Å².